The van der Waals surface area contributed by atoms with Crippen molar-refractivity contribution < 1.29 is 4.74 Å². The lowest BCUT2D eigenvalue weighted by atomic mass is 10.0. The maximum atomic E-state index is 5.18. The Morgan fingerprint density at radius 2 is 2.32 bits per heavy atom. The van der Waals surface area contributed by atoms with Crippen LogP contribution >= 0.6 is 0 Å². The maximum Gasteiger partial charge on any atom is 0.213 e. The molecule has 2 rings (SSSR count). The lowest BCUT2D eigenvalue weighted by Gasteiger charge is -2.34. The smallest absolute Gasteiger partial charge is 0.213 e. The van der Waals surface area contributed by atoms with Crippen molar-refractivity contribution in [3.63, 3.8) is 0 Å². The number of piperazine rings is 1. The summed E-state index contributed by atoms with van der Waals surface area (Å²) in [5.41, 5.74) is 1.09. The van der Waals surface area contributed by atoms with Gasteiger partial charge in [0.25, 0.3) is 0 Å². The second-order valence-electron chi connectivity index (χ2n) is 5.69. The van der Waals surface area contributed by atoms with Crippen LogP contribution in [0.2, 0.25) is 0 Å². The summed E-state index contributed by atoms with van der Waals surface area (Å²) in [7, 11) is 1.66. The van der Waals surface area contributed by atoms with Crippen molar-refractivity contribution in [1.29, 1.82) is 0 Å². The van der Waals surface area contributed by atoms with Crippen LogP contribution in [-0.2, 0) is 6.54 Å². The van der Waals surface area contributed by atoms with Crippen LogP contribution in [0.5, 0.6) is 5.88 Å². The SMILES string of the molecule is COc1cccc(CN2CCNC(CC(C)C)C2)n1. The summed E-state index contributed by atoms with van der Waals surface area (Å²) in [5.74, 6) is 1.44. The minimum Gasteiger partial charge on any atom is -0.481 e. The minimum absolute atomic E-state index is 0.611. The Kier molecular flexibility index (Phi) is 5.16. The molecule has 1 saturated heterocycles. The molecule has 0 spiro atoms. The fourth-order valence-electron chi connectivity index (χ4n) is 2.65. The number of rotatable bonds is 5. The molecule has 0 saturated carbocycles. The van der Waals surface area contributed by atoms with Gasteiger partial charge in [-0.1, -0.05) is 19.9 Å². The fourth-order valence-corrected chi connectivity index (χ4v) is 2.65. The van der Waals surface area contributed by atoms with Gasteiger partial charge in [0.1, 0.15) is 0 Å². The number of aromatic nitrogens is 1. The first-order valence-electron chi connectivity index (χ1n) is 7.13. The average Bonchev–Trinajstić information content (AvgIpc) is 2.38. The Morgan fingerprint density at radius 3 is 3.05 bits per heavy atom. The number of nitrogens with one attached hydrogen (secondary N) is 1. The van der Waals surface area contributed by atoms with E-state index in [4.69, 9.17) is 4.74 Å². The molecular weight excluding hydrogens is 238 g/mol. The van der Waals surface area contributed by atoms with Gasteiger partial charge in [0.2, 0.25) is 5.88 Å². The second kappa shape index (κ2) is 6.87. The third-order valence-electron chi connectivity index (χ3n) is 3.47. The van der Waals surface area contributed by atoms with Crippen molar-refractivity contribution in [2.24, 2.45) is 5.92 Å². The number of methoxy groups -OCH3 is 1. The zero-order valence-electron chi connectivity index (χ0n) is 12.2. The molecular formula is C15H25N3O. The molecule has 19 heavy (non-hydrogen) atoms. The van der Waals surface area contributed by atoms with Gasteiger partial charge in [-0.25, -0.2) is 4.98 Å². The van der Waals surface area contributed by atoms with Crippen LogP contribution in [0.25, 0.3) is 0 Å². The Morgan fingerprint density at radius 1 is 1.47 bits per heavy atom. The first-order chi connectivity index (χ1) is 9.17. The van der Waals surface area contributed by atoms with E-state index in [0.717, 1.165) is 37.8 Å². The summed E-state index contributed by atoms with van der Waals surface area (Å²) in [6.45, 7) is 8.74. The van der Waals surface area contributed by atoms with Gasteiger partial charge in [0.15, 0.2) is 0 Å². The molecule has 1 aromatic rings. The summed E-state index contributed by atoms with van der Waals surface area (Å²) < 4.78 is 5.18. The number of hydrogen-bond donors (Lipinski definition) is 1. The van der Waals surface area contributed by atoms with Gasteiger partial charge in [-0.3, -0.25) is 4.90 Å². The van der Waals surface area contributed by atoms with Crippen LogP contribution in [0.1, 0.15) is 26.0 Å². The maximum absolute atomic E-state index is 5.18. The standard InChI is InChI=1S/C15H25N3O/c1-12(2)9-14-11-18(8-7-16-14)10-13-5-4-6-15(17-13)19-3/h4-6,12,14,16H,7-11H2,1-3H3. The Bertz CT molecular complexity index is 395. The topological polar surface area (TPSA) is 37.4 Å². The van der Waals surface area contributed by atoms with E-state index in [2.05, 4.69) is 35.1 Å². The molecule has 2 heterocycles. The van der Waals surface area contributed by atoms with Crippen molar-refractivity contribution >= 4 is 0 Å². The molecule has 0 aliphatic carbocycles. The van der Waals surface area contributed by atoms with E-state index in [9.17, 15) is 0 Å². The van der Waals surface area contributed by atoms with E-state index in [1.165, 1.54) is 6.42 Å². The Balaban J connectivity index is 1.90. The Labute approximate surface area is 116 Å². The van der Waals surface area contributed by atoms with Crippen molar-refractivity contribution in [2.45, 2.75) is 32.9 Å². The van der Waals surface area contributed by atoms with Crippen LogP contribution in [0.3, 0.4) is 0 Å². The van der Waals surface area contributed by atoms with Crippen LogP contribution in [0.4, 0.5) is 0 Å². The Hall–Kier alpha value is -1.13. The fraction of sp³-hybridized carbons (Fsp3) is 0.667. The minimum atomic E-state index is 0.611. The van der Waals surface area contributed by atoms with E-state index >= 15 is 0 Å². The predicted molar refractivity (Wildman–Crippen MR) is 77.3 cm³/mol. The van der Waals surface area contributed by atoms with Crippen molar-refractivity contribution in [3.05, 3.63) is 23.9 Å². The molecule has 1 aliphatic heterocycles. The van der Waals surface area contributed by atoms with Crippen LogP contribution < -0.4 is 10.1 Å². The molecule has 1 N–H and O–H groups in total. The molecule has 0 bridgehead atoms. The average molecular weight is 263 g/mol. The molecule has 1 atom stereocenters. The quantitative estimate of drug-likeness (QED) is 0.880. The molecule has 1 aliphatic rings. The number of pyridine rings is 1. The van der Waals surface area contributed by atoms with Gasteiger partial charge >= 0.3 is 0 Å². The largest absolute Gasteiger partial charge is 0.481 e. The highest BCUT2D eigenvalue weighted by Gasteiger charge is 2.20. The van der Waals surface area contributed by atoms with Gasteiger partial charge in [0, 0.05) is 38.3 Å². The molecule has 0 radical (unpaired) electrons. The molecule has 0 aromatic carbocycles. The second-order valence-corrected chi connectivity index (χ2v) is 5.69. The van der Waals surface area contributed by atoms with Crippen molar-refractivity contribution in [3.8, 4) is 5.88 Å². The van der Waals surface area contributed by atoms with E-state index in [1.54, 1.807) is 7.11 Å². The molecule has 106 valence electrons. The summed E-state index contributed by atoms with van der Waals surface area (Å²) in [6.07, 6.45) is 1.24. The molecule has 1 fully saturated rings. The van der Waals surface area contributed by atoms with Crippen LogP contribution in [0.15, 0.2) is 18.2 Å². The first kappa shape index (κ1) is 14.3. The van der Waals surface area contributed by atoms with Crippen molar-refractivity contribution in [1.82, 2.24) is 15.2 Å². The molecule has 4 nitrogen and oxygen atoms in total. The normalized spacial score (nSPS) is 20.7. The highest BCUT2D eigenvalue weighted by molar-refractivity contribution is 5.15. The lowest BCUT2D eigenvalue weighted by Crippen LogP contribution is -2.50. The van der Waals surface area contributed by atoms with Crippen LogP contribution in [0, 0.1) is 5.92 Å². The highest BCUT2D eigenvalue weighted by Crippen LogP contribution is 2.13. The lowest BCUT2D eigenvalue weighted by molar-refractivity contribution is 0.177. The summed E-state index contributed by atoms with van der Waals surface area (Å²) in [4.78, 5) is 6.96. The number of ether oxygens (including phenoxy) is 1. The molecule has 4 heteroatoms. The number of hydrogen-bond acceptors (Lipinski definition) is 4. The summed E-state index contributed by atoms with van der Waals surface area (Å²) in [5, 5.41) is 3.60. The van der Waals surface area contributed by atoms with E-state index in [1.807, 2.05) is 12.1 Å². The summed E-state index contributed by atoms with van der Waals surface area (Å²) >= 11 is 0. The van der Waals surface area contributed by atoms with Crippen LogP contribution in [-0.4, -0.2) is 42.7 Å². The first-order valence-corrected chi connectivity index (χ1v) is 7.13. The predicted octanol–water partition coefficient (Wildman–Crippen LogP) is 1.91. The zero-order chi connectivity index (χ0) is 13.7. The number of nitrogens with zero attached hydrogens (tertiary/aromatic N) is 2. The summed E-state index contributed by atoms with van der Waals surface area (Å²) in [6, 6.07) is 6.58. The molecule has 1 unspecified atom stereocenters. The molecule has 1 aromatic heterocycles. The highest BCUT2D eigenvalue weighted by atomic mass is 16.5. The van der Waals surface area contributed by atoms with Gasteiger partial charge in [-0.15, -0.1) is 0 Å². The van der Waals surface area contributed by atoms with Gasteiger partial charge in [-0.2, -0.15) is 0 Å². The van der Waals surface area contributed by atoms with E-state index in [-0.39, 0.29) is 0 Å². The van der Waals surface area contributed by atoms with Gasteiger partial charge in [0.05, 0.1) is 12.8 Å². The van der Waals surface area contributed by atoms with Crippen molar-refractivity contribution in [2.75, 3.05) is 26.7 Å². The monoisotopic (exact) mass is 263 g/mol. The van der Waals surface area contributed by atoms with Gasteiger partial charge in [-0.05, 0) is 18.4 Å². The van der Waals surface area contributed by atoms with Gasteiger partial charge < -0.3 is 10.1 Å². The molecule has 0 amide bonds. The zero-order valence-corrected chi connectivity index (χ0v) is 12.2. The van der Waals surface area contributed by atoms with E-state index < -0.39 is 0 Å². The van der Waals surface area contributed by atoms with E-state index in [0.29, 0.717) is 11.9 Å². The third kappa shape index (κ3) is 4.48. The third-order valence-corrected chi connectivity index (χ3v) is 3.47.